The molecule has 1 N–H and O–H groups in total. The van der Waals surface area contributed by atoms with Crippen molar-refractivity contribution in [1.82, 2.24) is 4.90 Å². The van der Waals surface area contributed by atoms with Crippen LogP contribution in [0.3, 0.4) is 0 Å². The number of rotatable bonds is 1. The van der Waals surface area contributed by atoms with Gasteiger partial charge in [0.15, 0.2) is 0 Å². The number of ether oxygens (including phenoxy) is 1. The van der Waals surface area contributed by atoms with E-state index in [9.17, 15) is 5.11 Å². The maximum absolute atomic E-state index is 9.83. The zero-order chi connectivity index (χ0) is 10.2. The standard InChI is InChI=1S/C11H21NO2/c1-11(2)8-12(6-7-14-11)9-4-3-5-10(9)13/h9-10,13H,3-8H2,1-2H3/t9-,10-/m1/s1. The molecule has 14 heavy (non-hydrogen) atoms. The van der Waals surface area contributed by atoms with Gasteiger partial charge in [-0.05, 0) is 33.1 Å². The monoisotopic (exact) mass is 199 g/mol. The van der Waals surface area contributed by atoms with E-state index in [1.807, 2.05) is 0 Å². The van der Waals surface area contributed by atoms with Crippen LogP contribution in [0.15, 0.2) is 0 Å². The van der Waals surface area contributed by atoms with Crippen molar-refractivity contribution in [2.24, 2.45) is 0 Å². The molecule has 2 atom stereocenters. The summed E-state index contributed by atoms with van der Waals surface area (Å²) in [5.74, 6) is 0. The van der Waals surface area contributed by atoms with E-state index >= 15 is 0 Å². The molecule has 2 fully saturated rings. The Bertz CT molecular complexity index is 205. The van der Waals surface area contributed by atoms with E-state index in [-0.39, 0.29) is 11.7 Å². The Morgan fingerprint density at radius 3 is 2.71 bits per heavy atom. The third kappa shape index (κ3) is 2.10. The summed E-state index contributed by atoms with van der Waals surface area (Å²) < 4.78 is 5.67. The summed E-state index contributed by atoms with van der Waals surface area (Å²) in [4.78, 5) is 2.40. The van der Waals surface area contributed by atoms with Crippen molar-refractivity contribution in [3.05, 3.63) is 0 Å². The first-order valence-electron chi connectivity index (χ1n) is 5.65. The van der Waals surface area contributed by atoms with Crippen molar-refractivity contribution in [2.45, 2.75) is 50.9 Å². The van der Waals surface area contributed by atoms with Gasteiger partial charge in [0.05, 0.1) is 18.3 Å². The molecular weight excluding hydrogens is 178 g/mol. The second kappa shape index (κ2) is 3.80. The predicted octanol–water partition coefficient (Wildman–Crippen LogP) is 1.01. The van der Waals surface area contributed by atoms with Gasteiger partial charge in [0.25, 0.3) is 0 Å². The van der Waals surface area contributed by atoms with E-state index in [0.717, 1.165) is 32.5 Å². The number of hydrogen-bond acceptors (Lipinski definition) is 3. The molecule has 3 heteroatoms. The number of morpholine rings is 1. The van der Waals surface area contributed by atoms with Crippen LogP contribution in [0.1, 0.15) is 33.1 Å². The summed E-state index contributed by atoms with van der Waals surface area (Å²) in [5, 5.41) is 9.83. The molecule has 1 saturated heterocycles. The second-order valence-electron chi connectivity index (χ2n) is 5.14. The highest BCUT2D eigenvalue weighted by Crippen LogP contribution is 2.27. The number of aliphatic hydroxyl groups excluding tert-OH is 1. The fraction of sp³-hybridized carbons (Fsp3) is 1.00. The van der Waals surface area contributed by atoms with Gasteiger partial charge in [-0.15, -0.1) is 0 Å². The minimum Gasteiger partial charge on any atom is -0.391 e. The van der Waals surface area contributed by atoms with Crippen LogP contribution in [0.5, 0.6) is 0 Å². The summed E-state index contributed by atoms with van der Waals surface area (Å²) >= 11 is 0. The Hall–Kier alpha value is -0.120. The fourth-order valence-corrected chi connectivity index (χ4v) is 2.68. The van der Waals surface area contributed by atoms with Gasteiger partial charge in [0.2, 0.25) is 0 Å². The Morgan fingerprint density at radius 2 is 2.14 bits per heavy atom. The van der Waals surface area contributed by atoms with Gasteiger partial charge < -0.3 is 9.84 Å². The lowest BCUT2D eigenvalue weighted by atomic mass is 10.0. The van der Waals surface area contributed by atoms with Gasteiger partial charge in [-0.25, -0.2) is 0 Å². The molecular formula is C11H21NO2. The smallest absolute Gasteiger partial charge is 0.0753 e. The normalized spacial score (nSPS) is 38.8. The quantitative estimate of drug-likeness (QED) is 0.684. The zero-order valence-electron chi connectivity index (χ0n) is 9.20. The molecule has 0 unspecified atom stereocenters. The first-order chi connectivity index (χ1) is 6.58. The molecule has 2 aliphatic rings. The average molecular weight is 199 g/mol. The number of nitrogens with zero attached hydrogens (tertiary/aromatic N) is 1. The van der Waals surface area contributed by atoms with E-state index < -0.39 is 0 Å². The molecule has 0 aromatic carbocycles. The van der Waals surface area contributed by atoms with E-state index in [2.05, 4.69) is 18.7 Å². The van der Waals surface area contributed by atoms with Crippen molar-refractivity contribution in [3.63, 3.8) is 0 Å². The molecule has 3 nitrogen and oxygen atoms in total. The van der Waals surface area contributed by atoms with Crippen molar-refractivity contribution >= 4 is 0 Å². The maximum Gasteiger partial charge on any atom is 0.0753 e. The van der Waals surface area contributed by atoms with Crippen molar-refractivity contribution in [3.8, 4) is 0 Å². The molecule has 1 heterocycles. The van der Waals surface area contributed by atoms with Crippen molar-refractivity contribution < 1.29 is 9.84 Å². The molecule has 0 bridgehead atoms. The Morgan fingerprint density at radius 1 is 1.36 bits per heavy atom. The summed E-state index contributed by atoms with van der Waals surface area (Å²) in [6, 6.07) is 0.387. The van der Waals surface area contributed by atoms with Gasteiger partial charge in [-0.3, -0.25) is 4.90 Å². The third-order valence-corrected chi connectivity index (χ3v) is 3.37. The minimum atomic E-state index is -0.108. The molecule has 0 spiro atoms. The third-order valence-electron chi connectivity index (χ3n) is 3.37. The molecule has 0 aromatic rings. The Labute approximate surface area is 86.0 Å². The summed E-state index contributed by atoms with van der Waals surface area (Å²) in [5.41, 5.74) is -0.0411. The highest BCUT2D eigenvalue weighted by Gasteiger charge is 2.36. The first-order valence-corrected chi connectivity index (χ1v) is 5.65. The number of hydrogen-bond donors (Lipinski definition) is 1. The highest BCUT2D eigenvalue weighted by atomic mass is 16.5. The molecule has 1 saturated carbocycles. The molecule has 1 aliphatic heterocycles. The van der Waals surface area contributed by atoms with Crippen molar-refractivity contribution in [2.75, 3.05) is 19.7 Å². The molecule has 0 amide bonds. The SMILES string of the molecule is CC1(C)CN([C@@H]2CCC[C@H]2O)CCO1. The van der Waals surface area contributed by atoms with E-state index in [1.54, 1.807) is 0 Å². The van der Waals surface area contributed by atoms with Gasteiger partial charge in [-0.2, -0.15) is 0 Å². The lowest BCUT2D eigenvalue weighted by molar-refractivity contribution is -0.106. The average Bonchev–Trinajstić information content (AvgIpc) is 2.49. The maximum atomic E-state index is 9.83. The lowest BCUT2D eigenvalue weighted by Gasteiger charge is -2.42. The summed E-state index contributed by atoms with van der Waals surface area (Å²) in [6.45, 7) is 6.98. The molecule has 82 valence electrons. The van der Waals surface area contributed by atoms with Crippen LogP contribution in [0.4, 0.5) is 0 Å². The van der Waals surface area contributed by atoms with Crippen LogP contribution in [0.25, 0.3) is 0 Å². The predicted molar refractivity (Wildman–Crippen MR) is 55.2 cm³/mol. The molecule has 2 rings (SSSR count). The Kier molecular flexibility index (Phi) is 2.82. The van der Waals surface area contributed by atoms with E-state index in [1.165, 1.54) is 6.42 Å². The van der Waals surface area contributed by atoms with Crippen LogP contribution in [0.2, 0.25) is 0 Å². The Balaban J connectivity index is 1.97. The number of aliphatic hydroxyl groups is 1. The van der Waals surface area contributed by atoms with Crippen LogP contribution in [-0.4, -0.2) is 47.4 Å². The van der Waals surface area contributed by atoms with Gasteiger partial charge in [0.1, 0.15) is 0 Å². The van der Waals surface area contributed by atoms with Gasteiger partial charge in [0, 0.05) is 19.1 Å². The summed E-state index contributed by atoms with van der Waals surface area (Å²) in [6.07, 6.45) is 3.19. The van der Waals surface area contributed by atoms with Crippen LogP contribution in [0, 0.1) is 0 Å². The van der Waals surface area contributed by atoms with Crippen LogP contribution >= 0.6 is 0 Å². The first kappa shape index (κ1) is 10.4. The van der Waals surface area contributed by atoms with Crippen LogP contribution in [-0.2, 0) is 4.74 Å². The zero-order valence-corrected chi connectivity index (χ0v) is 9.20. The fourth-order valence-electron chi connectivity index (χ4n) is 2.68. The van der Waals surface area contributed by atoms with Crippen LogP contribution < -0.4 is 0 Å². The second-order valence-corrected chi connectivity index (χ2v) is 5.14. The van der Waals surface area contributed by atoms with E-state index in [4.69, 9.17) is 4.74 Å². The lowest BCUT2D eigenvalue weighted by Crippen LogP contribution is -2.53. The molecule has 1 aliphatic carbocycles. The summed E-state index contributed by atoms with van der Waals surface area (Å²) in [7, 11) is 0. The van der Waals surface area contributed by atoms with Crippen molar-refractivity contribution in [1.29, 1.82) is 0 Å². The topological polar surface area (TPSA) is 32.7 Å². The minimum absolute atomic E-state index is 0.0411. The largest absolute Gasteiger partial charge is 0.391 e. The van der Waals surface area contributed by atoms with E-state index in [0.29, 0.717) is 6.04 Å². The molecule has 0 radical (unpaired) electrons. The molecule has 0 aromatic heterocycles. The highest BCUT2D eigenvalue weighted by molar-refractivity contribution is 4.90. The van der Waals surface area contributed by atoms with Gasteiger partial charge >= 0.3 is 0 Å². The van der Waals surface area contributed by atoms with Gasteiger partial charge in [-0.1, -0.05) is 0 Å².